The van der Waals surface area contributed by atoms with Crippen LogP contribution in [0.2, 0.25) is 0 Å². The van der Waals surface area contributed by atoms with Crippen molar-refractivity contribution in [2.24, 2.45) is 5.92 Å². The summed E-state index contributed by atoms with van der Waals surface area (Å²) in [6.45, 7) is 9.34. The number of amides is 2. The molecule has 1 saturated heterocycles. The lowest BCUT2D eigenvalue weighted by Crippen LogP contribution is -2.50. The molecule has 1 aliphatic rings. The van der Waals surface area contributed by atoms with Gasteiger partial charge in [0.05, 0.1) is 16.3 Å². The molecule has 174 valence electrons. The van der Waals surface area contributed by atoms with Gasteiger partial charge >= 0.3 is 0 Å². The molecule has 0 spiro atoms. The predicted octanol–water partition coefficient (Wildman–Crippen LogP) is 4.84. The van der Waals surface area contributed by atoms with Gasteiger partial charge in [0.1, 0.15) is 5.01 Å². The molecule has 1 atom stereocenters. The van der Waals surface area contributed by atoms with Gasteiger partial charge in [-0.05, 0) is 68.7 Å². The van der Waals surface area contributed by atoms with E-state index < -0.39 is 0 Å². The largest absolute Gasteiger partial charge is 0.342 e. The smallest absolute Gasteiger partial charge is 0.241 e. The number of fused-ring (bicyclic) bond motifs is 1. The molecule has 1 aromatic heterocycles. The highest BCUT2D eigenvalue weighted by molar-refractivity contribution is 7.21. The third-order valence-electron chi connectivity index (χ3n) is 6.12. The zero-order valence-corrected chi connectivity index (χ0v) is 20.5. The Hall–Kier alpha value is -2.77. The average Bonchev–Trinajstić information content (AvgIpc) is 3.22. The Morgan fingerprint density at radius 2 is 1.76 bits per heavy atom. The van der Waals surface area contributed by atoms with E-state index >= 15 is 0 Å². The molecule has 2 aromatic carbocycles. The maximum atomic E-state index is 12.7. The van der Waals surface area contributed by atoms with E-state index in [0.717, 1.165) is 47.7 Å². The number of hydrogen-bond donors (Lipinski definition) is 2. The van der Waals surface area contributed by atoms with Crippen LogP contribution in [0, 0.1) is 12.8 Å². The number of hydrogen-bond acceptors (Lipinski definition) is 5. The van der Waals surface area contributed by atoms with Crippen LogP contribution in [0.1, 0.15) is 39.2 Å². The van der Waals surface area contributed by atoms with Crippen LogP contribution in [0.4, 0.5) is 5.69 Å². The summed E-state index contributed by atoms with van der Waals surface area (Å²) < 4.78 is 1.18. The number of rotatable bonds is 6. The summed E-state index contributed by atoms with van der Waals surface area (Å²) >= 11 is 1.68. The Morgan fingerprint density at radius 1 is 1.06 bits per heavy atom. The number of carbonyl (C=O) groups is 2. The van der Waals surface area contributed by atoms with Gasteiger partial charge in [0.2, 0.25) is 11.8 Å². The van der Waals surface area contributed by atoms with Gasteiger partial charge in [-0.3, -0.25) is 9.59 Å². The van der Waals surface area contributed by atoms with Crippen LogP contribution in [0.5, 0.6) is 0 Å². The number of carbonyl (C=O) groups excluding carboxylic acids is 2. The molecule has 0 aliphatic carbocycles. The fraction of sp³-hybridized carbons (Fsp3) is 0.423. The van der Waals surface area contributed by atoms with E-state index in [0.29, 0.717) is 0 Å². The number of benzene rings is 2. The molecule has 0 bridgehead atoms. The van der Waals surface area contributed by atoms with Crippen molar-refractivity contribution >= 4 is 39.1 Å². The predicted molar refractivity (Wildman–Crippen MR) is 135 cm³/mol. The van der Waals surface area contributed by atoms with Gasteiger partial charge in [-0.2, -0.15) is 0 Å². The van der Waals surface area contributed by atoms with Crippen LogP contribution in [0.25, 0.3) is 20.8 Å². The molecule has 1 unspecified atom stereocenters. The minimum atomic E-state index is -0.311. The van der Waals surface area contributed by atoms with Crippen molar-refractivity contribution in [3.05, 3.63) is 48.0 Å². The highest BCUT2D eigenvalue weighted by Gasteiger charge is 2.26. The van der Waals surface area contributed by atoms with E-state index in [-0.39, 0.29) is 29.8 Å². The lowest BCUT2D eigenvalue weighted by Gasteiger charge is -2.34. The number of nitrogens with one attached hydrogen (secondary N) is 2. The number of thiazole rings is 1. The summed E-state index contributed by atoms with van der Waals surface area (Å²) in [6, 6.07) is 14.1. The molecule has 2 heterocycles. The zero-order valence-electron chi connectivity index (χ0n) is 19.7. The average molecular weight is 465 g/mol. The first-order valence-electron chi connectivity index (χ1n) is 11.6. The Morgan fingerprint density at radius 3 is 2.42 bits per heavy atom. The second-order valence-corrected chi connectivity index (χ2v) is 10.2. The van der Waals surface area contributed by atoms with Gasteiger partial charge in [-0.15, -0.1) is 11.3 Å². The lowest BCUT2D eigenvalue weighted by atomic mass is 10.0. The van der Waals surface area contributed by atoms with Crippen molar-refractivity contribution in [2.45, 2.75) is 52.6 Å². The molecule has 0 radical (unpaired) electrons. The van der Waals surface area contributed by atoms with Gasteiger partial charge < -0.3 is 15.5 Å². The summed E-state index contributed by atoms with van der Waals surface area (Å²) in [5.74, 6) is 0.187. The summed E-state index contributed by atoms with van der Waals surface area (Å²) in [5, 5.41) is 7.41. The van der Waals surface area contributed by atoms with Gasteiger partial charge in [0.25, 0.3) is 0 Å². The third kappa shape index (κ3) is 5.60. The molecule has 3 aromatic rings. The highest BCUT2D eigenvalue weighted by Crippen LogP contribution is 2.31. The molecule has 7 heteroatoms. The normalized spacial score (nSPS) is 15.7. The molecule has 1 aliphatic heterocycles. The second-order valence-electron chi connectivity index (χ2n) is 9.20. The van der Waals surface area contributed by atoms with Crippen molar-refractivity contribution in [2.75, 3.05) is 18.4 Å². The highest BCUT2D eigenvalue weighted by atomic mass is 32.1. The number of aryl methyl sites for hydroxylation is 1. The first kappa shape index (κ1) is 23.4. The van der Waals surface area contributed by atoms with E-state index in [2.05, 4.69) is 35.8 Å². The lowest BCUT2D eigenvalue weighted by molar-refractivity contribution is -0.135. The van der Waals surface area contributed by atoms with E-state index in [1.165, 1.54) is 10.3 Å². The number of piperidine rings is 1. The van der Waals surface area contributed by atoms with Gasteiger partial charge in [-0.1, -0.05) is 19.9 Å². The van der Waals surface area contributed by atoms with Crippen LogP contribution in [0.3, 0.4) is 0 Å². The molecule has 2 N–H and O–H groups in total. The van der Waals surface area contributed by atoms with Crippen LogP contribution >= 0.6 is 11.3 Å². The first-order valence-corrected chi connectivity index (χ1v) is 12.4. The van der Waals surface area contributed by atoms with Crippen molar-refractivity contribution in [1.82, 2.24) is 15.2 Å². The maximum absolute atomic E-state index is 12.7. The van der Waals surface area contributed by atoms with Gasteiger partial charge in [0, 0.05) is 36.3 Å². The summed E-state index contributed by atoms with van der Waals surface area (Å²) in [6.07, 6.45) is 1.74. The van der Waals surface area contributed by atoms with Crippen LogP contribution in [-0.2, 0) is 9.59 Å². The summed E-state index contributed by atoms with van der Waals surface area (Å²) in [4.78, 5) is 31.5. The van der Waals surface area contributed by atoms with Crippen LogP contribution in [-0.4, -0.2) is 46.9 Å². The van der Waals surface area contributed by atoms with E-state index in [1.807, 2.05) is 49.9 Å². The number of likely N-dealkylation sites (tertiary alicyclic amines) is 1. The van der Waals surface area contributed by atoms with Crippen molar-refractivity contribution in [3.63, 3.8) is 0 Å². The molecular formula is C26H32N4O2S. The van der Waals surface area contributed by atoms with Crippen molar-refractivity contribution < 1.29 is 9.59 Å². The Labute approximate surface area is 199 Å². The zero-order chi connectivity index (χ0) is 23.5. The maximum Gasteiger partial charge on any atom is 0.241 e. The second kappa shape index (κ2) is 10.0. The Kier molecular flexibility index (Phi) is 7.10. The van der Waals surface area contributed by atoms with Crippen LogP contribution < -0.4 is 10.6 Å². The van der Waals surface area contributed by atoms with Crippen molar-refractivity contribution in [1.29, 1.82) is 0 Å². The first-order chi connectivity index (χ1) is 15.8. The molecule has 4 rings (SSSR count). The monoisotopic (exact) mass is 464 g/mol. The van der Waals surface area contributed by atoms with Gasteiger partial charge in [-0.25, -0.2) is 4.98 Å². The summed E-state index contributed by atoms with van der Waals surface area (Å²) in [5.41, 5.74) is 4.05. The molecule has 6 nitrogen and oxygen atoms in total. The van der Waals surface area contributed by atoms with Gasteiger partial charge in [0.15, 0.2) is 0 Å². The summed E-state index contributed by atoms with van der Waals surface area (Å²) in [7, 11) is 0. The number of anilines is 1. The molecule has 1 fully saturated rings. The van der Waals surface area contributed by atoms with E-state index in [1.54, 1.807) is 11.3 Å². The fourth-order valence-electron chi connectivity index (χ4n) is 4.16. The molecule has 2 amide bonds. The minimum Gasteiger partial charge on any atom is -0.342 e. The molecule has 33 heavy (non-hydrogen) atoms. The van der Waals surface area contributed by atoms with Crippen LogP contribution in [0.15, 0.2) is 42.5 Å². The fourth-order valence-corrected chi connectivity index (χ4v) is 5.23. The molecule has 0 saturated carbocycles. The standard InChI is InChI=1S/C26H32N4O2S/c1-16(2)26(32)30-13-11-21(12-14-30)27-18(4)24(31)28-20-8-6-19(7-9-20)25-29-22-10-5-17(3)15-23(22)33-25/h5-10,15-16,18,21,27H,11-14H2,1-4H3,(H,28,31). The number of nitrogens with zero attached hydrogens (tertiary/aromatic N) is 2. The minimum absolute atomic E-state index is 0.0319. The third-order valence-corrected chi connectivity index (χ3v) is 7.19. The molecular weight excluding hydrogens is 432 g/mol. The SMILES string of the molecule is Cc1ccc2nc(-c3ccc(NC(=O)C(C)NC4CCN(C(=O)C(C)C)CC4)cc3)sc2c1. The topological polar surface area (TPSA) is 74.3 Å². The van der Waals surface area contributed by atoms with Crippen molar-refractivity contribution in [3.8, 4) is 10.6 Å². The van der Waals surface area contributed by atoms with E-state index in [4.69, 9.17) is 4.98 Å². The Balaban J connectivity index is 1.30. The quantitative estimate of drug-likeness (QED) is 0.548. The van der Waals surface area contributed by atoms with E-state index in [9.17, 15) is 9.59 Å². The Bertz CT molecular complexity index is 1130. The number of aromatic nitrogens is 1.